The van der Waals surface area contributed by atoms with Crippen molar-refractivity contribution < 1.29 is 9.00 Å². The Hall–Kier alpha value is -0.780. The number of anilines is 2. The van der Waals surface area contributed by atoms with Crippen LogP contribution in [0.5, 0.6) is 0 Å². The van der Waals surface area contributed by atoms with Crippen molar-refractivity contribution in [1.29, 1.82) is 0 Å². The Bertz CT molecular complexity index is 519. The molecule has 1 aromatic carbocycles. The summed E-state index contributed by atoms with van der Waals surface area (Å²) >= 11 is 12.0. The van der Waals surface area contributed by atoms with Crippen molar-refractivity contribution in [2.45, 2.75) is 31.9 Å². The van der Waals surface area contributed by atoms with Crippen LogP contribution in [0.15, 0.2) is 12.1 Å². The van der Waals surface area contributed by atoms with E-state index in [1.807, 2.05) is 20.8 Å². The maximum absolute atomic E-state index is 11.9. The van der Waals surface area contributed by atoms with Gasteiger partial charge >= 0.3 is 0 Å². The highest BCUT2D eigenvalue weighted by atomic mass is 35.5. The minimum Gasteiger partial charge on any atom is -0.399 e. The van der Waals surface area contributed by atoms with Crippen LogP contribution in [0.3, 0.4) is 0 Å². The Balaban J connectivity index is 2.67. The lowest BCUT2D eigenvalue weighted by Crippen LogP contribution is -2.26. The van der Waals surface area contributed by atoms with Crippen LogP contribution in [-0.2, 0) is 15.6 Å². The fourth-order valence-corrected chi connectivity index (χ4v) is 2.99. The highest BCUT2D eigenvalue weighted by molar-refractivity contribution is 7.86. The second-order valence-electron chi connectivity index (χ2n) is 5.32. The largest absolute Gasteiger partial charge is 0.399 e. The molecule has 0 aliphatic rings. The molecule has 0 radical (unpaired) electrons. The monoisotopic (exact) mass is 336 g/mol. The van der Waals surface area contributed by atoms with E-state index < -0.39 is 10.8 Å². The van der Waals surface area contributed by atoms with Gasteiger partial charge in [-0.1, -0.05) is 23.2 Å². The number of benzene rings is 1. The Kier molecular flexibility index (Phi) is 5.86. The molecule has 0 heterocycles. The number of nitrogens with one attached hydrogen (secondary N) is 1. The second kappa shape index (κ2) is 6.78. The van der Waals surface area contributed by atoms with Gasteiger partial charge < -0.3 is 11.1 Å². The van der Waals surface area contributed by atoms with Gasteiger partial charge in [-0.05, 0) is 32.9 Å². The molecule has 0 aliphatic heterocycles. The van der Waals surface area contributed by atoms with Crippen LogP contribution in [0.4, 0.5) is 11.4 Å². The topological polar surface area (TPSA) is 72.2 Å². The zero-order valence-corrected chi connectivity index (χ0v) is 14.0. The number of hydrogen-bond acceptors (Lipinski definition) is 3. The van der Waals surface area contributed by atoms with E-state index in [9.17, 15) is 9.00 Å². The molecule has 1 rings (SSSR count). The number of hydrogen-bond donors (Lipinski definition) is 2. The van der Waals surface area contributed by atoms with Gasteiger partial charge in [0.1, 0.15) is 0 Å². The van der Waals surface area contributed by atoms with Gasteiger partial charge in [-0.3, -0.25) is 9.00 Å². The summed E-state index contributed by atoms with van der Waals surface area (Å²) in [5.41, 5.74) is 6.33. The van der Waals surface area contributed by atoms with E-state index in [-0.39, 0.29) is 27.1 Å². The number of carbonyl (C=O) groups excluding carboxylic acids is 1. The first-order chi connectivity index (χ1) is 9.11. The molecule has 1 aromatic rings. The van der Waals surface area contributed by atoms with Crippen molar-refractivity contribution in [3.05, 3.63) is 22.2 Å². The maximum Gasteiger partial charge on any atom is 0.225 e. The van der Waals surface area contributed by atoms with Crippen LogP contribution in [-0.4, -0.2) is 20.6 Å². The number of carbonyl (C=O) groups is 1. The quantitative estimate of drug-likeness (QED) is 0.827. The highest BCUT2D eigenvalue weighted by Gasteiger charge is 2.20. The van der Waals surface area contributed by atoms with Crippen molar-refractivity contribution >= 4 is 51.3 Å². The van der Waals surface area contributed by atoms with Crippen molar-refractivity contribution in [2.24, 2.45) is 0 Å². The number of halogens is 2. The molecule has 0 saturated heterocycles. The van der Waals surface area contributed by atoms with Gasteiger partial charge in [0, 0.05) is 33.4 Å². The van der Waals surface area contributed by atoms with Crippen LogP contribution in [0.1, 0.15) is 27.2 Å². The minimum atomic E-state index is -1.08. The molecule has 0 fully saturated rings. The number of nitrogen functional groups attached to an aromatic ring is 1. The third-order valence-corrected chi connectivity index (χ3v) is 5.06. The Morgan fingerprint density at radius 2 is 1.80 bits per heavy atom. The van der Waals surface area contributed by atoms with Gasteiger partial charge in [-0.15, -0.1) is 0 Å². The molecule has 1 atom stereocenters. The standard InChI is InChI=1S/C13H18Cl2N2O2S/c1-13(2,3)20(19)5-4-11(18)17-12-9(14)6-8(16)7-10(12)15/h6-7H,4-5,16H2,1-3H3,(H,17,18). The summed E-state index contributed by atoms with van der Waals surface area (Å²) in [7, 11) is -1.08. The fourth-order valence-electron chi connectivity index (χ4n) is 1.41. The SMILES string of the molecule is CC(C)(C)S(=O)CCC(=O)Nc1c(Cl)cc(N)cc1Cl. The lowest BCUT2D eigenvalue weighted by molar-refractivity contribution is -0.115. The molecular formula is C13H18Cl2N2O2S. The fraction of sp³-hybridized carbons (Fsp3) is 0.462. The van der Waals surface area contributed by atoms with E-state index in [4.69, 9.17) is 28.9 Å². The summed E-state index contributed by atoms with van der Waals surface area (Å²) in [6.45, 7) is 5.61. The smallest absolute Gasteiger partial charge is 0.225 e. The minimum absolute atomic E-state index is 0.140. The average molecular weight is 337 g/mol. The van der Waals surface area contributed by atoms with Crippen molar-refractivity contribution in [3.8, 4) is 0 Å². The summed E-state index contributed by atoms with van der Waals surface area (Å²) in [5.74, 6) is 0.00989. The van der Waals surface area contributed by atoms with Gasteiger partial charge in [0.05, 0.1) is 15.7 Å². The highest BCUT2D eigenvalue weighted by Crippen LogP contribution is 2.32. The van der Waals surface area contributed by atoms with Gasteiger partial charge in [-0.25, -0.2) is 0 Å². The third kappa shape index (κ3) is 4.96. The second-order valence-corrected chi connectivity index (χ2v) is 8.46. The van der Waals surface area contributed by atoms with Crippen LogP contribution in [0.2, 0.25) is 10.0 Å². The first kappa shape index (κ1) is 17.3. The first-order valence-corrected chi connectivity index (χ1v) is 8.11. The van der Waals surface area contributed by atoms with Crippen LogP contribution < -0.4 is 11.1 Å². The van der Waals surface area contributed by atoms with Crippen LogP contribution in [0, 0.1) is 0 Å². The van der Waals surface area contributed by atoms with Crippen LogP contribution in [0.25, 0.3) is 0 Å². The predicted molar refractivity (Wildman–Crippen MR) is 86.9 cm³/mol. The average Bonchev–Trinajstić information content (AvgIpc) is 2.29. The molecule has 0 bridgehead atoms. The zero-order chi connectivity index (χ0) is 15.5. The summed E-state index contributed by atoms with van der Waals surface area (Å²) in [6.07, 6.45) is 0.140. The number of nitrogens with two attached hydrogens (primary N) is 1. The van der Waals surface area contributed by atoms with Gasteiger partial charge in [0.15, 0.2) is 0 Å². The van der Waals surface area contributed by atoms with E-state index in [1.165, 1.54) is 12.1 Å². The summed E-state index contributed by atoms with van der Waals surface area (Å²) < 4.78 is 11.5. The molecular weight excluding hydrogens is 319 g/mol. The molecule has 1 unspecified atom stereocenters. The van der Waals surface area contributed by atoms with Crippen molar-refractivity contribution in [2.75, 3.05) is 16.8 Å². The number of amides is 1. The Labute approximate surface area is 131 Å². The van der Waals surface area contributed by atoms with E-state index >= 15 is 0 Å². The van der Waals surface area contributed by atoms with E-state index in [1.54, 1.807) is 0 Å². The van der Waals surface area contributed by atoms with Crippen molar-refractivity contribution in [1.82, 2.24) is 0 Å². The van der Waals surface area contributed by atoms with Gasteiger partial charge in [0.2, 0.25) is 5.91 Å². The molecule has 0 spiro atoms. The maximum atomic E-state index is 11.9. The summed E-state index contributed by atoms with van der Waals surface area (Å²) in [4.78, 5) is 11.8. The molecule has 0 aromatic heterocycles. The molecule has 4 nitrogen and oxygen atoms in total. The molecule has 0 saturated carbocycles. The molecule has 112 valence electrons. The summed E-state index contributed by atoms with van der Waals surface area (Å²) in [6, 6.07) is 3.02. The van der Waals surface area contributed by atoms with E-state index in [0.29, 0.717) is 17.1 Å². The van der Waals surface area contributed by atoms with Crippen LogP contribution >= 0.6 is 23.2 Å². The molecule has 0 aliphatic carbocycles. The van der Waals surface area contributed by atoms with Crippen molar-refractivity contribution in [3.63, 3.8) is 0 Å². The van der Waals surface area contributed by atoms with E-state index in [0.717, 1.165) is 0 Å². The zero-order valence-electron chi connectivity index (χ0n) is 11.6. The Morgan fingerprint density at radius 1 is 1.30 bits per heavy atom. The molecule has 20 heavy (non-hydrogen) atoms. The van der Waals surface area contributed by atoms with E-state index in [2.05, 4.69) is 5.32 Å². The lowest BCUT2D eigenvalue weighted by atomic mass is 10.2. The normalized spacial score (nSPS) is 13.1. The Morgan fingerprint density at radius 3 is 2.25 bits per heavy atom. The molecule has 7 heteroatoms. The predicted octanol–water partition coefficient (Wildman–Crippen LogP) is 3.45. The van der Waals surface area contributed by atoms with Gasteiger partial charge in [0.25, 0.3) is 0 Å². The first-order valence-electron chi connectivity index (χ1n) is 6.04. The third-order valence-electron chi connectivity index (χ3n) is 2.53. The van der Waals surface area contributed by atoms with Gasteiger partial charge in [-0.2, -0.15) is 0 Å². The summed E-state index contributed by atoms with van der Waals surface area (Å²) in [5, 5.41) is 3.18. The number of rotatable bonds is 4. The lowest BCUT2D eigenvalue weighted by Gasteiger charge is -2.17. The molecule has 1 amide bonds. The molecule has 3 N–H and O–H groups in total.